The number of aliphatic hydroxyl groups is 1. The summed E-state index contributed by atoms with van der Waals surface area (Å²) >= 11 is 0. The second-order valence-electron chi connectivity index (χ2n) is 10.5. The summed E-state index contributed by atoms with van der Waals surface area (Å²) in [6.45, 7) is 3.71. The van der Waals surface area contributed by atoms with Crippen molar-refractivity contribution in [3.8, 4) is 0 Å². The molecule has 0 unspecified atom stereocenters. The van der Waals surface area contributed by atoms with E-state index in [0.29, 0.717) is 38.0 Å². The summed E-state index contributed by atoms with van der Waals surface area (Å²) in [5.74, 6) is -0.194. The SMILES string of the molecule is CCNc1cc(C(=O)N[C@@H](Cc2ccccc2)[C@@H](O)CN[C@H]2CCc3ccccc32)cc(N2CCCC2=O)c1. The fraction of sp³-hybridized carbons (Fsp3) is 0.375. The number of nitrogens with one attached hydrogen (secondary N) is 3. The van der Waals surface area contributed by atoms with Crippen molar-refractivity contribution in [1.29, 1.82) is 0 Å². The molecule has 3 atom stereocenters. The van der Waals surface area contributed by atoms with Gasteiger partial charge in [0.2, 0.25) is 5.91 Å². The van der Waals surface area contributed by atoms with Crippen LogP contribution in [0.1, 0.15) is 59.3 Å². The van der Waals surface area contributed by atoms with Crippen LogP contribution in [0.4, 0.5) is 11.4 Å². The molecule has 1 fully saturated rings. The van der Waals surface area contributed by atoms with Crippen LogP contribution < -0.4 is 20.9 Å². The highest BCUT2D eigenvalue weighted by molar-refractivity contribution is 6.00. The van der Waals surface area contributed by atoms with Gasteiger partial charge in [-0.3, -0.25) is 9.59 Å². The number of benzene rings is 3. The second-order valence-corrected chi connectivity index (χ2v) is 10.5. The summed E-state index contributed by atoms with van der Waals surface area (Å²) in [6.07, 6.45) is 3.07. The molecule has 0 aromatic heterocycles. The van der Waals surface area contributed by atoms with E-state index in [4.69, 9.17) is 0 Å². The van der Waals surface area contributed by atoms with Crippen LogP contribution >= 0.6 is 0 Å². The molecular weight excluding hydrogens is 488 g/mol. The van der Waals surface area contributed by atoms with Crippen molar-refractivity contribution < 1.29 is 14.7 Å². The molecule has 7 heteroatoms. The van der Waals surface area contributed by atoms with E-state index in [-0.39, 0.29) is 17.9 Å². The summed E-state index contributed by atoms with van der Waals surface area (Å²) in [4.78, 5) is 27.8. The number of carbonyl (C=O) groups excluding carboxylic acids is 2. The Balaban J connectivity index is 1.33. The van der Waals surface area contributed by atoms with Gasteiger partial charge in [-0.2, -0.15) is 0 Å². The first-order valence-electron chi connectivity index (χ1n) is 14.0. The van der Waals surface area contributed by atoms with E-state index in [1.54, 1.807) is 11.0 Å². The summed E-state index contributed by atoms with van der Waals surface area (Å²) in [5, 5.41) is 21.3. The maximum absolute atomic E-state index is 13.6. The van der Waals surface area contributed by atoms with Gasteiger partial charge in [-0.15, -0.1) is 0 Å². The van der Waals surface area contributed by atoms with E-state index in [0.717, 1.165) is 36.2 Å². The third-order valence-electron chi connectivity index (χ3n) is 7.73. The maximum atomic E-state index is 13.6. The van der Waals surface area contributed by atoms with Crippen molar-refractivity contribution in [2.75, 3.05) is 29.9 Å². The molecule has 0 spiro atoms. The third-order valence-corrected chi connectivity index (χ3v) is 7.73. The van der Waals surface area contributed by atoms with Gasteiger partial charge >= 0.3 is 0 Å². The Labute approximate surface area is 230 Å². The lowest BCUT2D eigenvalue weighted by Crippen LogP contribution is -2.49. The van der Waals surface area contributed by atoms with Gasteiger partial charge in [0.15, 0.2) is 0 Å². The number of carbonyl (C=O) groups is 2. The molecule has 3 aromatic rings. The van der Waals surface area contributed by atoms with Crippen LogP contribution in [0.2, 0.25) is 0 Å². The van der Waals surface area contributed by atoms with E-state index in [2.05, 4.69) is 40.2 Å². The van der Waals surface area contributed by atoms with Gasteiger partial charge in [0, 0.05) is 49.0 Å². The van der Waals surface area contributed by atoms with Crippen molar-refractivity contribution in [2.24, 2.45) is 0 Å². The summed E-state index contributed by atoms with van der Waals surface area (Å²) < 4.78 is 0. The summed E-state index contributed by atoms with van der Waals surface area (Å²) in [7, 11) is 0. The number of aliphatic hydroxyl groups excluding tert-OH is 1. The molecular formula is C32H38N4O3. The number of hydrogen-bond donors (Lipinski definition) is 4. The Morgan fingerprint density at radius 1 is 1.05 bits per heavy atom. The molecule has 1 heterocycles. The van der Waals surface area contributed by atoms with E-state index in [9.17, 15) is 14.7 Å². The number of amides is 2. The standard InChI is InChI=1S/C32H38N4O3/c1-2-33-25-18-24(19-26(20-25)36-16-8-13-31(36)38)32(39)35-29(17-22-9-4-3-5-10-22)30(37)21-34-28-15-14-23-11-6-7-12-27(23)28/h3-7,9-12,18-20,28-30,33-34,37H,2,8,13-17,21H2,1H3,(H,35,39)/t28-,29-,30-/m0/s1. The number of aryl methyl sites for hydroxylation is 1. The Morgan fingerprint density at radius 2 is 1.85 bits per heavy atom. The molecule has 0 bridgehead atoms. The zero-order valence-corrected chi connectivity index (χ0v) is 22.5. The minimum Gasteiger partial charge on any atom is -0.390 e. The van der Waals surface area contributed by atoms with Crippen LogP contribution in [-0.2, 0) is 17.6 Å². The Kier molecular flexibility index (Phi) is 8.59. The topological polar surface area (TPSA) is 93.7 Å². The van der Waals surface area contributed by atoms with Gasteiger partial charge in [0.05, 0.1) is 12.1 Å². The van der Waals surface area contributed by atoms with Crippen LogP contribution in [0.15, 0.2) is 72.8 Å². The zero-order chi connectivity index (χ0) is 27.2. The van der Waals surface area contributed by atoms with Crippen LogP contribution in [0, 0.1) is 0 Å². The molecule has 1 aliphatic carbocycles. The van der Waals surface area contributed by atoms with E-state index in [1.807, 2.05) is 49.4 Å². The van der Waals surface area contributed by atoms with Gasteiger partial charge in [0.25, 0.3) is 5.91 Å². The van der Waals surface area contributed by atoms with E-state index >= 15 is 0 Å². The summed E-state index contributed by atoms with van der Waals surface area (Å²) in [6, 6.07) is 23.5. The molecule has 5 rings (SSSR count). The van der Waals surface area contributed by atoms with Gasteiger partial charge < -0.3 is 26.0 Å². The fourth-order valence-electron chi connectivity index (χ4n) is 5.70. The van der Waals surface area contributed by atoms with Gasteiger partial charge in [-0.05, 0) is 67.5 Å². The van der Waals surface area contributed by atoms with E-state index < -0.39 is 12.1 Å². The number of rotatable bonds is 11. The fourth-order valence-corrected chi connectivity index (χ4v) is 5.70. The lowest BCUT2D eigenvalue weighted by atomic mass is 9.99. The van der Waals surface area contributed by atoms with Gasteiger partial charge in [-0.1, -0.05) is 54.6 Å². The minimum absolute atomic E-state index is 0.0759. The maximum Gasteiger partial charge on any atom is 0.251 e. The third kappa shape index (κ3) is 6.49. The monoisotopic (exact) mass is 526 g/mol. The van der Waals surface area contributed by atoms with Crippen molar-refractivity contribution in [3.63, 3.8) is 0 Å². The van der Waals surface area contributed by atoms with Crippen LogP contribution in [0.25, 0.3) is 0 Å². The predicted octanol–water partition coefficient (Wildman–Crippen LogP) is 4.22. The van der Waals surface area contributed by atoms with Crippen molar-refractivity contribution >= 4 is 23.2 Å². The average molecular weight is 527 g/mol. The smallest absolute Gasteiger partial charge is 0.251 e. The molecule has 2 aliphatic rings. The van der Waals surface area contributed by atoms with Gasteiger partial charge in [0.1, 0.15) is 0 Å². The number of fused-ring (bicyclic) bond motifs is 1. The molecule has 1 saturated heterocycles. The van der Waals surface area contributed by atoms with Crippen LogP contribution in [-0.4, -0.2) is 48.7 Å². The molecule has 7 nitrogen and oxygen atoms in total. The second kappa shape index (κ2) is 12.5. The average Bonchev–Trinajstić information content (AvgIpc) is 3.58. The van der Waals surface area contributed by atoms with Crippen molar-refractivity contribution in [1.82, 2.24) is 10.6 Å². The molecule has 1 aliphatic heterocycles. The summed E-state index contributed by atoms with van der Waals surface area (Å²) in [5.41, 5.74) is 5.66. The van der Waals surface area contributed by atoms with Crippen molar-refractivity contribution in [2.45, 2.75) is 57.2 Å². The molecule has 2 amide bonds. The molecule has 0 saturated carbocycles. The molecule has 204 valence electrons. The lowest BCUT2D eigenvalue weighted by Gasteiger charge is -2.27. The first kappa shape index (κ1) is 26.9. The van der Waals surface area contributed by atoms with Gasteiger partial charge in [-0.25, -0.2) is 0 Å². The Morgan fingerprint density at radius 3 is 2.62 bits per heavy atom. The number of anilines is 2. The molecule has 0 radical (unpaired) electrons. The van der Waals surface area contributed by atoms with Crippen molar-refractivity contribution in [3.05, 3.63) is 95.1 Å². The highest BCUT2D eigenvalue weighted by Gasteiger charge is 2.27. The van der Waals surface area contributed by atoms with Crippen LogP contribution in [0.3, 0.4) is 0 Å². The number of hydrogen-bond acceptors (Lipinski definition) is 5. The minimum atomic E-state index is -0.793. The molecule has 4 N–H and O–H groups in total. The Bertz CT molecular complexity index is 1300. The quantitative estimate of drug-likeness (QED) is 0.300. The van der Waals surface area contributed by atoms with Crippen LogP contribution in [0.5, 0.6) is 0 Å². The molecule has 3 aromatic carbocycles. The first-order chi connectivity index (χ1) is 19.0. The Hall–Kier alpha value is -3.68. The predicted molar refractivity (Wildman–Crippen MR) is 155 cm³/mol. The normalized spacial score (nSPS) is 18.1. The zero-order valence-electron chi connectivity index (χ0n) is 22.5. The molecule has 39 heavy (non-hydrogen) atoms. The lowest BCUT2D eigenvalue weighted by molar-refractivity contribution is -0.117. The highest BCUT2D eigenvalue weighted by atomic mass is 16.3. The first-order valence-corrected chi connectivity index (χ1v) is 14.0. The largest absolute Gasteiger partial charge is 0.390 e. The van der Waals surface area contributed by atoms with E-state index in [1.165, 1.54) is 11.1 Å². The number of nitrogens with zero attached hydrogens (tertiary/aromatic N) is 1. The highest BCUT2D eigenvalue weighted by Crippen LogP contribution is 2.31.